The van der Waals surface area contributed by atoms with Gasteiger partial charge in [-0.3, -0.25) is 0 Å². The van der Waals surface area contributed by atoms with Crippen molar-refractivity contribution in [2.75, 3.05) is 6.61 Å². The second kappa shape index (κ2) is 3.72. The van der Waals surface area contributed by atoms with Crippen molar-refractivity contribution in [3.05, 3.63) is 36.0 Å². The van der Waals surface area contributed by atoms with Crippen LogP contribution in [0.5, 0.6) is 0 Å². The molecule has 1 atom stereocenters. The summed E-state index contributed by atoms with van der Waals surface area (Å²) in [7, 11) is 0. The van der Waals surface area contributed by atoms with E-state index in [1.54, 1.807) is 0 Å². The predicted molar refractivity (Wildman–Crippen MR) is 50.0 cm³/mol. The standard InChI is InChI=1S/C11H14O/c1-2-7-11(8-3-1)12-9-10-5-4-6-10/h2,4-7,11H,1,3,8-9H2. The molecule has 12 heavy (non-hydrogen) atoms. The van der Waals surface area contributed by atoms with E-state index >= 15 is 0 Å². The lowest BCUT2D eigenvalue weighted by atomic mass is 10.1. The zero-order valence-electron chi connectivity index (χ0n) is 7.20. The van der Waals surface area contributed by atoms with Crippen molar-refractivity contribution >= 4 is 0 Å². The first kappa shape index (κ1) is 7.81. The Hall–Kier alpha value is -0.820. The largest absolute Gasteiger partial charge is 0.369 e. The van der Waals surface area contributed by atoms with Crippen LogP contribution in [0.3, 0.4) is 0 Å². The van der Waals surface area contributed by atoms with Gasteiger partial charge in [0, 0.05) is 0 Å². The van der Waals surface area contributed by atoms with E-state index in [0.717, 1.165) is 6.61 Å². The molecule has 0 spiro atoms. The predicted octanol–water partition coefficient (Wildman–Crippen LogP) is 2.61. The first-order chi connectivity index (χ1) is 5.95. The van der Waals surface area contributed by atoms with E-state index in [0.29, 0.717) is 6.10 Å². The van der Waals surface area contributed by atoms with E-state index in [9.17, 15) is 0 Å². The number of hydrogen-bond acceptors (Lipinski definition) is 1. The summed E-state index contributed by atoms with van der Waals surface area (Å²) in [5.41, 5.74) is 1.31. The monoisotopic (exact) mass is 162 g/mol. The van der Waals surface area contributed by atoms with Crippen LogP contribution < -0.4 is 0 Å². The fraction of sp³-hybridized carbons (Fsp3) is 0.455. The smallest absolute Gasteiger partial charge is 0.0760 e. The van der Waals surface area contributed by atoms with Gasteiger partial charge in [0.2, 0.25) is 0 Å². The summed E-state index contributed by atoms with van der Waals surface area (Å²) in [6.45, 7) is 0.783. The van der Waals surface area contributed by atoms with E-state index in [4.69, 9.17) is 4.74 Å². The average Bonchev–Trinajstić information content (AvgIpc) is 2.04. The van der Waals surface area contributed by atoms with Gasteiger partial charge in [-0.05, 0) is 24.8 Å². The Labute approximate surface area is 73.4 Å². The van der Waals surface area contributed by atoms with Crippen LogP contribution in [0.1, 0.15) is 19.3 Å². The Morgan fingerprint density at radius 1 is 1.50 bits per heavy atom. The van der Waals surface area contributed by atoms with E-state index in [2.05, 4.69) is 30.4 Å². The third-order valence-electron chi connectivity index (χ3n) is 2.29. The van der Waals surface area contributed by atoms with Gasteiger partial charge in [-0.1, -0.05) is 30.4 Å². The lowest BCUT2D eigenvalue weighted by Gasteiger charge is -2.18. The summed E-state index contributed by atoms with van der Waals surface area (Å²) in [6, 6.07) is 0. The minimum Gasteiger partial charge on any atom is -0.369 e. The molecule has 2 rings (SSSR count). The van der Waals surface area contributed by atoms with Crippen LogP contribution in [0.2, 0.25) is 0 Å². The molecule has 0 aliphatic heterocycles. The minimum atomic E-state index is 0.369. The third-order valence-corrected chi connectivity index (χ3v) is 2.29. The summed E-state index contributed by atoms with van der Waals surface area (Å²) in [5.74, 6) is 0. The van der Waals surface area contributed by atoms with Crippen molar-refractivity contribution in [3.63, 3.8) is 0 Å². The van der Waals surface area contributed by atoms with Gasteiger partial charge in [-0.25, -0.2) is 0 Å². The van der Waals surface area contributed by atoms with Crippen molar-refractivity contribution in [2.45, 2.75) is 25.4 Å². The van der Waals surface area contributed by atoms with Crippen LogP contribution >= 0.6 is 0 Å². The molecule has 0 fully saturated rings. The summed E-state index contributed by atoms with van der Waals surface area (Å²) >= 11 is 0. The van der Waals surface area contributed by atoms with Gasteiger partial charge in [-0.15, -0.1) is 0 Å². The van der Waals surface area contributed by atoms with E-state index in [-0.39, 0.29) is 0 Å². The van der Waals surface area contributed by atoms with Crippen LogP contribution in [0.15, 0.2) is 36.0 Å². The summed E-state index contributed by atoms with van der Waals surface area (Å²) < 4.78 is 5.68. The average molecular weight is 162 g/mol. The molecule has 0 aromatic heterocycles. The molecule has 0 bridgehead atoms. The fourth-order valence-corrected chi connectivity index (χ4v) is 1.45. The second-order valence-electron chi connectivity index (χ2n) is 3.31. The Bertz CT molecular complexity index is 235. The van der Waals surface area contributed by atoms with E-state index in [1.165, 1.54) is 24.8 Å². The van der Waals surface area contributed by atoms with Gasteiger partial charge in [-0.2, -0.15) is 0 Å². The maximum absolute atomic E-state index is 5.68. The first-order valence-corrected chi connectivity index (χ1v) is 4.61. The number of ether oxygens (including phenoxy) is 1. The molecule has 1 nitrogen and oxygen atoms in total. The molecule has 0 saturated carbocycles. The zero-order chi connectivity index (χ0) is 8.23. The van der Waals surface area contributed by atoms with E-state index < -0.39 is 0 Å². The van der Waals surface area contributed by atoms with E-state index in [1.807, 2.05) is 0 Å². The molecule has 0 saturated heterocycles. The quantitative estimate of drug-likeness (QED) is 0.579. The van der Waals surface area contributed by atoms with Crippen LogP contribution in [-0.2, 0) is 4.74 Å². The van der Waals surface area contributed by atoms with Crippen molar-refractivity contribution in [1.82, 2.24) is 0 Å². The van der Waals surface area contributed by atoms with Crippen molar-refractivity contribution in [3.8, 4) is 0 Å². The number of hydrogen-bond donors (Lipinski definition) is 0. The van der Waals surface area contributed by atoms with Gasteiger partial charge < -0.3 is 4.74 Å². The molecule has 0 aromatic rings. The van der Waals surface area contributed by atoms with Crippen LogP contribution in [-0.4, -0.2) is 12.7 Å². The lowest BCUT2D eigenvalue weighted by Crippen LogP contribution is -2.14. The van der Waals surface area contributed by atoms with Crippen LogP contribution in [0.4, 0.5) is 0 Å². The molecule has 1 unspecified atom stereocenters. The topological polar surface area (TPSA) is 9.23 Å². The Morgan fingerprint density at radius 2 is 2.42 bits per heavy atom. The highest BCUT2D eigenvalue weighted by molar-refractivity contribution is 5.35. The number of allylic oxidation sites excluding steroid dienone is 3. The number of rotatable bonds is 3. The maximum atomic E-state index is 5.68. The molecular weight excluding hydrogens is 148 g/mol. The van der Waals surface area contributed by atoms with Gasteiger partial charge >= 0.3 is 0 Å². The first-order valence-electron chi connectivity index (χ1n) is 4.61. The Balaban J connectivity index is 1.71. The van der Waals surface area contributed by atoms with Gasteiger partial charge in [0.15, 0.2) is 0 Å². The van der Waals surface area contributed by atoms with Crippen molar-refractivity contribution < 1.29 is 4.74 Å². The normalized spacial score (nSPS) is 26.7. The molecule has 0 radical (unpaired) electrons. The molecule has 0 N–H and O–H groups in total. The Morgan fingerprint density at radius 3 is 3.00 bits per heavy atom. The molecule has 2 aliphatic rings. The van der Waals surface area contributed by atoms with Gasteiger partial charge in [0.1, 0.15) is 0 Å². The van der Waals surface area contributed by atoms with Gasteiger partial charge in [0.05, 0.1) is 12.7 Å². The molecule has 64 valence electrons. The van der Waals surface area contributed by atoms with Crippen molar-refractivity contribution in [1.29, 1.82) is 0 Å². The highest BCUT2D eigenvalue weighted by Gasteiger charge is 2.09. The summed E-state index contributed by atoms with van der Waals surface area (Å²) in [6.07, 6.45) is 14.7. The van der Waals surface area contributed by atoms with Crippen LogP contribution in [0, 0.1) is 0 Å². The minimum absolute atomic E-state index is 0.369. The SMILES string of the molecule is C1=CC(COC2C=CCCC2)=C1. The molecular formula is C11H14O. The van der Waals surface area contributed by atoms with Gasteiger partial charge in [0.25, 0.3) is 0 Å². The highest BCUT2D eigenvalue weighted by Crippen LogP contribution is 2.16. The molecule has 2 aliphatic carbocycles. The summed E-state index contributed by atoms with van der Waals surface area (Å²) in [4.78, 5) is 0. The maximum Gasteiger partial charge on any atom is 0.0760 e. The molecule has 0 amide bonds. The lowest BCUT2D eigenvalue weighted by molar-refractivity contribution is 0.0941. The zero-order valence-corrected chi connectivity index (χ0v) is 7.20. The van der Waals surface area contributed by atoms with Crippen LogP contribution in [0.25, 0.3) is 0 Å². The summed E-state index contributed by atoms with van der Waals surface area (Å²) in [5, 5.41) is 0. The van der Waals surface area contributed by atoms with Crippen molar-refractivity contribution in [2.24, 2.45) is 0 Å². The molecule has 0 aromatic carbocycles. The molecule has 1 heteroatoms. The Kier molecular flexibility index (Phi) is 2.42. The fourth-order valence-electron chi connectivity index (χ4n) is 1.45. The highest BCUT2D eigenvalue weighted by atomic mass is 16.5. The third kappa shape index (κ3) is 1.86. The second-order valence-corrected chi connectivity index (χ2v) is 3.31. The molecule has 0 heterocycles.